The van der Waals surface area contributed by atoms with Gasteiger partial charge in [0.2, 0.25) is 0 Å². The van der Waals surface area contributed by atoms with Gasteiger partial charge in [0, 0.05) is 33.9 Å². The molecule has 8 aromatic carbocycles. The number of fused-ring (bicyclic) bond motifs is 12. The molecule has 290 valence electrons. The van der Waals surface area contributed by atoms with E-state index in [4.69, 9.17) is 4.74 Å². The minimum atomic E-state index is -0.152. The van der Waals surface area contributed by atoms with Gasteiger partial charge in [-0.2, -0.15) is 0 Å². The number of allylic oxidation sites excluding steroid dienone is 2. The number of aromatic nitrogens is 1. The predicted molar refractivity (Wildman–Crippen MR) is 251 cm³/mol. The van der Waals surface area contributed by atoms with Gasteiger partial charge in [-0.25, -0.2) is 0 Å². The fourth-order valence-electron chi connectivity index (χ4n) is 11.1. The molecule has 0 fully saturated rings. The Kier molecular flexibility index (Phi) is 7.54. The van der Waals surface area contributed by atoms with Crippen molar-refractivity contribution in [3.8, 4) is 50.3 Å². The van der Waals surface area contributed by atoms with E-state index in [1.807, 2.05) is 0 Å². The van der Waals surface area contributed by atoms with Crippen molar-refractivity contribution < 1.29 is 4.74 Å². The number of nitrogens with zero attached hydrogens (tertiary/aromatic N) is 1. The fourth-order valence-corrected chi connectivity index (χ4v) is 11.1. The monoisotopic (exact) mass is 782 g/mol. The van der Waals surface area contributed by atoms with E-state index >= 15 is 0 Å². The van der Waals surface area contributed by atoms with Gasteiger partial charge in [0.05, 0.1) is 16.7 Å². The Bertz CT molecular complexity index is 3320. The Morgan fingerprint density at radius 2 is 1.25 bits per heavy atom. The van der Waals surface area contributed by atoms with E-state index in [0.717, 1.165) is 35.6 Å². The van der Waals surface area contributed by atoms with Crippen LogP contribution in [0.25, 0.3) is 77.7 Å². The molecule has 0 saturated heterocycles. The Labute approximate surface area is 355 Å². The third-order valence-electron chi connectivity index (χ3n) is 13.8. The highest BCUT2D eigenvalue weighted by molar-refractivity contribution is 6.20. The molecule has 3 heterocycles. The van der Waals surface area contributed by atoms with Gasteiger partial charge in [0.1, 0.15) is 11.8 Å². The molecule has 9 aromatic rings. The first-order valence-electron chi connectivity index (χ1n) is 21.8. The van der Waals surface area contributed by atoms with Crippen LogP contribution in [0.5, 0.6) is 5.75 Å². The van der Waals surface area contributed by atoms with Crippen molar-refractivity contribution in [3.05, 3.63) is 222 Å². The first-order valence-corrected chi connectivity index (χ1v) is 21.8. The third-order valence-corrected chi connectivity index (χ3v) is 13.8. The number of ether oxygens (including phenoxy) is 1. The molecule has 3 nitrogen and oxygen atoms in total. The molecule has 1 N–H and O–H groups in total. The smallest absolute Gasteiger partial charge is 0.151 e. The van der Waals surface area contributed by atoms with Gasteiger partial charge in [-0.3, -0.25) is 0 Å². The molecule has 3 unspecified atom stereocenters. The summed E-state index contributed by atoms with van der Waals surface area (Å²) < 4.78 is 9.75. The summed E-state index contributed by atoms with van der Waals surface area (Å²) in [5, 5.41) is 6.61. The maximum atomic E-state index is 7.14. The molecule has 0 saturated carbocycles. The van der Waals surface area contributed by atoms with Crippen molar-refractivity contribution in [1.29, 1.82) is 0 Å². The Morgan fingerprint density at radius 3 is 2.02 bits per heavy atom. The third kappa shape index (κ3) is 5.10. The van der Waals surface area contributed by atoms with Crippen molar-refractivity contribution >= 4 is 33.2 Å². The van der Waals surface area contributed by atoms with Crippen molar-refractivity contribution in [1.82, 2.24) is 9.88 Å². The van der Waals surface area contributed by atoms with Crippen LogP contribution in [0, 0.1) is 5.92 Å². The van der Waals surface area contributed by atoms with Crippen LogP contribution in [-0.4, -0.2) is 4.57 Å². The Balaban J connectivity index is 1.16. The van der Waals surface area contributed by atoms with Gasteiger partial charge < -0.3 is 14.6 Å². The molecule has 3 heteroatoms. The summed E-state index contributed by atoms with van der Waals surface area (Å²) in [6.07, 6.45) is 4.35. The van der Waals surface area contributed by atoms with Gasteiger partial charge in [-0.05, 0) is 110 Å². The first-order chi connectivity index (χ1) is 30.2. The summed E-state index contributed by atoms with van der Waals surface area (Å²) in [4.78, 5) is 0. The Hall–Kier alpha value is -7.36. The van der Waals surface area contributed by atoms with Gasteiger partial charge >= 0.3 is 0 Å². The van der Waals surface area contributed by atoms with Crippen molar-refractivity contribution in [2.45, 2.75) is 31.7 Å². The molecule has 2 aliphatic carbocycles. The number of hydrogen-bond acceptors (Lipinski definition) is 2. The second kappa shape index (κ2) is 13.3. The highest BCUT2D eigenvalue weighted by Crippen LogP contribution is 2.59. The van der Waals surface area contributed by atoms with Crippen LogP contribution < -0.4 is 10.1 Å². The van der Waals surface area contributed by atoms with Gasteiger partial charge in [0.15, 0.2) is 5.76 Å². The summed E-state index contributed by atoms with van der Waals surface area (Å²) in [5.74, 6) is 2.20. The number of nitrogens with one attached hydrogen (secondary N) is 1. The van der Waals surface area contributed by atoms with E-state index in [2.05, 4.69) is 205 Å². The average Bonchev–Trinajstić information content (AvgIpc) is 3.92. The van der Waals surface area contributed by atoms with Crippen LogP contribution in [0.2, 0.25) is 0 Å². The lowest BCUT2D eigenvalue weighted by molar-refractivity contribution is 0.417. The first kappa shape index (κ1) is 34.5. The van der Waals surface area contributed by atoms with E-state index in [1.165, 1.54) is 94.3 Å². The molecule has 0 spiro atoms. The van der Waals surface area contributed by atoms with Crippen LogP contribution in [0.1, 0.15) is 53.1 Å². The molecule has 3 atom stereocenters. The molecule has 13 rings (SSSR count). The molecule has 1 aromatic heterocycles. The lowest BCUT2D eigenvalue weighted by atomic mass is 9.76. The number of hydrogen-bond donors (Lipinski definition) is 1. The molecule has 61 heavy (non-hydrogen) atoms. The SMILES string of the molecule is CCC1C=C(c2ccccc2)NC2C(=C1n1c3ccc(-c4ccccc4)cc3c3c4c5c(cc31)-c1ccc(-c3ccccc3)cc1C5Cc1ccccc1-4)Oc1ccccc12. The summed E-state index contributed by atoms with van der Waals surface area (Å²) in [7, 11) is 0. The number of rotatable bonds is 5. The van der Waals surface area contributed by atoms with E-state index in [9.17, 15) is 0 Å². The Morgan fingerprint density at radius 1 is 0.574 bits per heavy atom. The topological polar surface area (TPSA) is 26.2 Å². The molecular formula is C58H42N2O. The maximum absolute atomic E-state index is 7.14. The standard InChI is InChI=1S/C58H42N2O/c1-2-35-33-49(38-20-10-5-11-21-38)59-56-44-24-14-15-25-52(44)61-58(56)57(35)60-50-29-27-40(37-18-8-4-9-19-37)31-48(50)54-51(60)34-47-43-28-26-39(36-16-6-3-7-17-36)30-45(43)46-32-41-22-12-13-23-42(41)55(54)53(46)47/h3-31,33-35,46,56,59H,2,32H2,1H3. The fraction of sp³-hybridized carbons (Fsp3) is 0.103. The maximum Gasteiger partial charge on any atom is 0.151 e. The normalized spacial score (nSPS) is 18.0. The van der Waals surface area contributed by atoms with Gasteiger partial charge in [0.25, 0.3) is 0 Å². The van der Waals surface area contributed by atoms with E-state index < -0.39 is 0 Å². The molecule has 0 amide bonds. The van der Waals surface area contributed by atoms with Crippen LogP contribution in [0.15, 0.2) is 194 Å². The van der Waals surface area contributed by atoms with Crippen LogP contribution in [-0.2, 0) is 6.42 Å². The second-order valence-corrected chi connectivity index (χ2v) is 17.1. The minimum Gasteiger partial charge on any atom is -0.457 e. The molecule has 2 aliphatic heterocycles. The van der Waals surface area contributed by atoms with Crippen LogP contribution in [0.4, 0.5) is 0 Å². The molecule has 4 aliphatic rings. The van der Waals surface area contributed by atoms with Crippen LogP contribution in [0.3, 0.4) is 0 Å². The predicted octanol–water partition coefficient (Wildman–Crippen LogP) is 14.4. The molecule has 0 radical (unpaired) electrons. The number of para-hydroxylation sites is 1. The highest BCUT2D eigenvalue weighted by Gasteiger charge is 2.41. The summed E-state index contributed by atoms with van der Waals surface area (Å²) in [5.41, 5.74) is 21.8. The second-order valence-electron chi connectivity index (χ2n) is 17.1. The van der Waals surface area contributed by atoms with Gasteiger partial charge in [-0.15, -0.1) is 0 Å². The van der Waals surface area contributed by atoms with E-state index in [-0.39, 0.29) is 17.9 Å². The van der Waals surface area contributed by atoms with Crippen molar-refractivity contribution in [2.75, 3.05) is 0 Å². The lowest BCUT2D eigenvalue weighted by Crippen LogP contribution is -2.20. The molecule has 0 bridgehead atoms. The highest BCUT2D eigenvalue weighted by atomic mass is 16.5. The molecular weight excluding hydrogens is 741 g/mol. The zero-order valence-corrected chi connectivity index (χ0v) is 33.9. The zero-order chi connectivity index (χ0) is 40.2. The van der Waals surface area contributed by atoms with Crippen LogP contribution >= 0.6 is 0 Å². The summed E-state index contributed by atoms with van der Waals surface area (Å²) >= 11 is 0. The zero-order valence-electron chi connectivity index (χ0n) is 33.9. The van der Waals surface area contributed by atoms with Gasteiger partial charge in [-0.1, -0.05) is 165 Å². The summed E-state index contributed by atoms with van der Waals surface area (Å²) in [6.45, 7) is 2.32. The average molecular weight is 783 g/mol. The minimum absolute atomic E-state index is 0.0509. The summed E-state index contributed by atoms with van der Waals surface area (Å²) in [6, 6.07) is 67.0. The largest absolute Gasteiger partial charge is 0.457 e. The van der Waals surface area contributed by atoms with E-state index in [0.29, 0.717) is 0 Å². The quantitative estimate of drug-likeness (QED) is 0.188. The number of benzene rings is 8. The van der Waals surface area contributed by atoms with Crippen molar-refractivity contribution in [2.24, 2.45) is 5.92 Å². The van der Waals surface area contributed by atoms with E-state index in [1.54, 1.807) is 0 Å². The lowest BCUT2D eigenvalue weighted by Gasteiger charge is -2.27. The van der Waals surface area contributed by atoms with Crippen molar-refractivity contribution in [3.63, 3.8) is 0 Å².